The molecule has 1 aromatic carbocycles. The fourth-order valence-electron chi connectivity index (χ4n) is 3.05. The van der Waals surface area contributed by atoms with Crippen LogP contribution in [0.2, 0.25) is 0 Å². The second-order valence-corrected chi connectivity index (χ2v) is 7.05. The van der Waals surface area contributed by atoms with Crippen molar-refractivity contribution in [3.05, 3.63) is 34.3 Å². The van der Waals surface area contributed by atoms with Gasteiger partial charge in [-0.3, -0.25) is 9.59 Å². The third-order valence-corrected chi connectivity index (χ3v) is 5.43. The number of hydrogen-bond acceptors (Lipinski definition) is 7. The Kier molecular flexibility index (Phi) is 5.62. The largest absolute Gasteiger partial charge is 0.497 e. The SMILES string of the molecule is COc1cc(OC)cc(N2CCC(N(C)C(=O)c3csc(CN)n3)C2=O)c1. The Labute approximate surface area is 161 Å². The molecule has 2 heterocycles. The number of ether oxygens (including phenoxy) is 2. The maximum Gasteiger partial charge on any atom is 0.273 e. The van der Waals surface area contributed by atoms with Crippen molar-refractivity contribution >= 4 is 28.8 Å². The van der Waals surface area contributed by atoms with Gasteiger partial charge >= 0.3 is 0 Å². The zero-order chi connectivity index (χ0) is 19.6. The fourth-order valence-corrected chi connectivity index (χ4v) is 3.70. The minimum absolute atomic E-state index is 0.143. The van der Waals surface area contributed by atoms with Crippen LogP contribution in [0.5, 0.6) is 11.5 Å². The maximum absolute atomic E-state index is 13.0. The molecule has 1 aliphatic rings. The first kappa shape index (κ1) is 19.1. The van der Waals surface area contributed by atoms with E-state index in [0.717, 1.165) is 0 Å². The van der Waals surface area contributed by atoms with Crippen LogP contribution in [0.1, 0.15) is 21.9 Å². The summed E-state index contributed by atoms with van der Waals surface area (Å²) in [7, 11) is 4.74. The van der Waals surface area contributed by atoms with Crippen molar-refractivity contribution in [2.75, 3.05) is 32.7 Å². The molecule has 0 spiro atoms. The highest BCUT2D eigenvalue weighted by molar-refractivity contribution is 7.09. The van der Waals surface area contributed by atoms with Crippen molar-refractivity contribution in [3.63, 3.8) is 0 Å². The zero-order valence-corrected chi connectivity index (χ0v) is 16.3. The summed E-state index contributed by atoms with van der Waals surface area (Å²) in [6.07, 6.45) is 0.536. The van der Waals surface area contributed by atoms with Crippen LogP contribution in [0.4, 0.5) is 5.69 Å². The van der Waals surface area contributed by atoms with Crippen molar-refractivity contribution in [1.29, 1.82) is 0 Å². The molecular formula is C18H22N4O4S. The number of aromatic nitrogens is 1. The average molecular weight is 390 g/mol. The zero-order valence-electron chi connectivity index (χ0n) is 15.5. The Morgan fingerprint density at radius 2 is 2.00 bits per heavy atom. The van der Waals surface area contributed by atoms with Crippen LogP contribution < -0.4 is 20.1 Å². The van der Waals surface area contributed by atoms with Crippen LogP contribution in [0.3, 0.4) is 0 Å². The van der Waals surface area contributed by atoms with Crippen LogP contribution in [-0.4, -0.2) is 55.6 Å². The van der Waals surface area contributed by atoms with Gasteiger partial charge in [-0.2, -0.15) is 0 Å². The lowest BCUT2D eigenvalue weighted by atomic mass is 10.2. The molecule has 0 radical (unpaired) electrons. The Balaban J connectivity index is 1.79. The van der Waals surface area contributed by atoms with E-state index in [1.165, 1.54) is 16.2 Å². The second-order valence-electron chi connectivity index (χ2n) is 6.11. The molecular weight excluding hydrogens is 368 g/mol. The number of amides is 2. The van der Waals surface area contributed by atoms with Crippen LogP contribution in [-0.2, 0) is 11.3 Å². The van der Waals surface area contributed by atoms with Gasteiger partial charge in [0, 0.05) is 43.7 Å². The van der Waals surface area contributed by atoms with Crippen molar-refractivity contribution < 1.29 is 19.1 Å². The first-order valence-electron chi connectivity index (χ1n) is 8.44. The highest BCUT2D eigenvalue weighted by atomic mass is 32.1. The van der Waals surface area contributed by atoms with Crippen molar-refractivity contribution in [2.24, 2.45) is 5.73 Å². The number of benzene rings is 1. The Bertz CT molecular complexity index is 831. The molecule has 27 heavy (non-hydrogen) atoms. The van der Waals surface area contributed by atoms with Crippen molar-refractivity contribution in [1.82, 2.24) is 9.88 Å². The predicted molar refractivity (Wildman–Crippen MR) is 102 cm³/mol. The summed E-state index contributed by atoms with van der Waals surface area (Å²) in [5, 5.41) is 2.36. The molecule has 2 aromatic rings. The Morgan fingerprint density at radius 3 is 2.56 bits per heavy atom. The van der Waals surface area contributed by atoms with E-state index < -0.39 is 6.04 Å². The van der Waals surface area contributed by atoms with Gasteiger partial charge in [0.15, 0.2) is 0 Å². The lowest BCUT2D eigenvalue weighted by Crippen LogP contribution is -2.43. The van der Waals surface area contributed by atoms with Gasteiger partial charge in [0.1, 0.15) is 28.2 Å². The summed E-state index contributed by atoms with van der Waals surface area (Å²) in [6, 6.07) is 4.75. The number of thiazole rings is 1. The van der Waals surface area contributed by atoms with Crippen molar-refractivity contribution in [2.45, 2.75) is 19.0 Å². The smallest absolute Gasteiger partial charge is 0.273 e. The van der Waals surface area contributed by atoms with Gasteiger partial charge in [0.05, 0.1) is 19.9 Å². The van der Waals surface area contributed by atoms with Gasteiger partial charge < -0.3 is 25.0 Å². The average Bonchev–Trinajstić information content (AvgIpc) is 3.33. The second kappa shape index (κ2) is 7.93. The molecule has 1 aromatic heterocycles. The quantitative estimate of drug-likeness (QED) is 0.803. The molecule has 3 rings (SSSR count). The first-order chi connectivity index (χ1) is 13.0. The fraction of sp³-hybridized carbons (Fsp3) is 0.389. The van der Waals surface area contributed by atoms with Gasteiger partial charge in [-0.05, 0) is 6.42 Å². The van der Waals surface area contributed by atoms with Crippen LogP contribution >= 0.6 is 11.3 Å². The minimum Gasteiger partial charge on any atom is -0.497 e. The molecule has 1 saturated heterocycles. The number of nitrogens with zero attached hydrogens (tertiary/aromatic N) is 3. The number of carbonyl (C=O) groups excluding carboxylic acids is 2. The number of carbonyl (C=O) groups is 2. The van der Waals surface area contributed by atoms with E-state index in [1.807, 2.05) is 0 Å². The van der Waals surface area contributed by atoms with Crippen LogP contribution in [0, 0.1) is 0 Å². The monoisotopic (exact) mass is 390 g/mol. The van der Waals surface area contributed by atoms with Crippen LogP contribution in [0.25, 0.3) is 0 Å². The minimum atomic E-state index is -0.544. The molecule has 9 heteroatoms. The lowest BCUT2D eigenvalue weighted by molar-refractivity contribution is -0.120. The topological polar surface area (TPSA) is 98.0 Å². The number of nitrogens with two attached hydrogens (primary N) is 1. The highest BCUT2D eigenvalue weighted by Crippen LogP contribution is 2.32. The van der Waals surface area contributed by atoms with E-state index in [0.29, 0.717) is 40.9 Å². The Hall–Kier alpha value is -2.65. The summed E-state index contributed by atoms with van der Waals surface area (Å²) >= 11 is 1.34. The number of hydrogen-bond donors (Lipinski definition) is 1. The van der Waals surface area contributed by atoms with Gasteiger partial charge in [-0.25, -0.2) is 4.98 Å². The lowest BCUT2D eigenvalue weighted by Gasteiger charge is -2.23. The molecule has 8 nitrogen and oxygen atoms in total. The summed E-state index contributed by atoms with van der Waals surface area (Å²) in [5.74, 6) is 0.772. The number of likely N-dealkylation sites (N-methyl/N-ethyl adjacent to an activating group) is 1. The molecule has 1 unspecified atom stereocenters. The number of anilines is 1. The van der Waals surface area contributed by atoms with E-state index in [-0.39, 0.29) is 18.4 Å². The highest BCUT2D eigenvalue weighted by Gasteiger charge is 2.38. The van der Waals surface area contributed by atoms with Gasteiger partial charge in [-0.15, -0.1) is 11.3 Å². The molecule has 2 amide bonds. The third-order valence-electron chi connectivity index (χ3n) is 4.56. The third kappa shape index (κ3) is 3.74. The van der Waals surface area contributed by atoms with E-state index in [4.69, 9.17) is 15.2 Å². The first-order valence-corrected chi connectivity index (χ1v) is 9.32. The molecule has 0 aliphatic carbocycles. The number of methoxy groups -OCH3 is 2. The normalized spacial score (nSPS) is 16.5. The molecule has 1 atom stereocenters. The van der Waals surface area contributed by atoms with Gasteiger partial charge in [-0.1, -0.05) is 0 Å². The molecule has 144 valence electrons. The molecule has 2 N–H and O–H groups in total. The predicted octanol–water partition coefficient (Wildman–Crippen LogP) is 1.50. The molecule has 0 saturated carbocycles. The van der Waals surface area contributed by atoms with Crippen LogP contribution in [0.15, 0.2) is 23.6 Å². The van der Waals surface area contributed by atoms with E-state index in [2.05, 4.69) is 4.98 Å². The summed E-state index contributed by atoms with van der Waals surface area (Å²) in [6.45, 7) is 0.790. The van der Waals surface area contributed by atoms with E-state index >= 15 is 0 Å². The summed E-state index contributed by atoms with van der Waals surface area (Å²) in [5.41, 5.74) is 6.55. The van der Waals surface area contributed by atoms with E-state index in [9.17, 15) is 9.59 Å². The van der Waals surface area contributed by atoms with Gasteiger partial charge in [0.2, 0.25) is 5.91 Å². The molecule has 0 bridgehead atoms. The standard InChI is InChI=1S/C18H22N4O4S/c1-21(17(23)14-10-27-16(9-19)20-14)15-4-5-22(18(15)24)11-6-12(25-2)8-13(7-11)26-3/h6-8,10,15H,4-5,9,19H2,1-3H3. The summed E-state index contributed by atoms with van der Waals surface area (Å²) in [4.78, 5) is 32.9. The molecule has 1 aliphatic heterocycles. The number of rotatable bonds is 6. The summed E-state index contributed by atoms with van der Waals surface area (Å²) < 4.78 is 10.6. The van der Waals surface area contributed by atoms with E-state index in [1.54, 1.807) is 49.7 Å². The maximum atomic E-state index is 13.0. The van der Waals surface area contributed by atoms with Gasteiger partial charge in [0.25, 0.3) is 5.91 Å². The molecule has 1 fully saturated rings. The Morgan fingerprint density at radius 1 is 1.33 bits per heavy atom. The van der Waals surface area contributed by atoms with Crippen molar-refractivity contribution in [3.8, 4) is 11.5 Å².